The molecule has 0 unspecified atom stereocenters. The van der Waals surface area contributed by atoms with Gasteiger partial charge in [0.15, 0.2) is 0 Å². The van der Waals surface area contributed by atoms with Crippen LogP contribution in [0, 0.1) is 6.92 Å². The Kier molecular flexibility index (Phi) is 6.55. The van der Waals surface area contributed by atoms with Gasteiger partial charge in [-0.3, -0.25) is 14.3 Å². The molecule has 4 aromatic rings. The highest BCUT2D eigenvalue weighted by atomic mass is 16.6. The molecule has 1 aliphatic heterocycles. The lowest BCUT2D eigenvalue weighted by atomic mass is 9.80. The lowest BCUT2D eigenvalue weighted by Crippen LogP contribution is -2.36. The van der Waals surface area contributed by atoms with Crippen molar-refractivity contribution in [2.45, 2.75) is 31.3 Å². The minimum absolute atomic E-state index is 0.227. The summed E-state index contributed by atoms with van der Waals surface area (Å²) in [6, 6.07) is 30.4. The van der Waals surface area contributed by atoms with E-state index in [9.17, 15) is 9.59 Å². The van der Waals surface area contributed by atoms with Crippen molar-refractivity contribution in [3.05, 3.63) is 152 Å². The third-order valence-corrected chi connectivity index (χ3v) is 6.66. The summed E-state index contributed by atoms with van der Waals surface area (Å²) in [5, 5.41) is 0. The summed E-state index contributed by atoms with van der Waals surface area (Å²) in [7, 11) is 0. The fourth-order valence-electron chi connectivity index (χ4n) is 4.78. The molecule has 1 aromatic heterocycles. The van der Waals surface area contributed by atoms with Crippen molar-refractivity contribution in [1.29, 1.82) is 0 Å². The zero-order chi connectivity index (χ0) is 25.1. The van der Waals surface area contributed by atoms with Gasteiger partial charge in [-0.15, -0.1) is 0 Å². The number of hydrogen-bond acceptors (Lipinski definition) is 4. The Hall–Kier alpha value is -4.00. The van der Waals surface area contributed by atoms with Crippen LogP contribution < -0.4 is 11.2 Å². The van der Waals surface area contributed by atoms with Crippen LogP contribution in [0.1, 0.15) is 34.9 Å². The molecule has 0 aliphatic carbocycles. The van der Waals surface area contributed by atoms with Crippen LogP contribution in [0.15, 0.2) is 119 Å². The Morgan fingerprint density at radius 1 is 0.917 bits per heavy atom. The lowest BCUT2D eigenvalue weighted by Gasteiger charge is -2.36. The first kappa shape index (κ1) is 23.7. The largest absolute Gasteiger partial charge is 0.358 e. The maximum Gasteiger partial charge on any atom is 0.330 e. The van der Waals surface area contributed by atoms with E-state index in [4.69, 9.17) is 9.47 Å². The number of aromatic amines is 1. The molecular formula is C30H28N2O4. The minimum Gasteiger partial charge on any atom is -0.358 e. The number of H-pyrrole nitrogens is 1. The molecule has 6 heteroatoms. The molecule has 1 aliphatic rings. The average Bonchev–Trinajstić information content (AvgIpc) is 3.28. The molecule has 6 nitrogen and oxygen atoms in total. The third-order valence-electron chi connectivity index (χ3n) is 6.66. The van der Waals surface area contributed by atoms with Crippen molar-refractivity contribution >= 4 is 0 Å². The first-order valence-corrected chi connectivity index (χ1v) is 11.9. The summed E-state index contributed by atoms with van der Waals surface area (Å²) in [6.45, 7) is 6.09. The molecule has 2 atom stereocenters. The van der Waals surface area contributed by atoms with E-state index < -0.39 is 29.2 Å². The van der Waals surface area contributed by atoms with Gasteiger partial charge in [-0.25, -0.2) is 4.79 Å². The molecular weight excluding hydrogens is 452 g/mol. The molecule has 0 spiro atoms. The maximum atomic E-state index is 12.4. The fraction of sp³-hybridized carbons (Fsp3) is 0.200. The van der Waals surface area contributed by atoms with Crippen molar-refractivity contribution in [2.75, 3.05) is 6.61 Å². The predicted octanol–water partition coefficient (Wildman–Crippen LogP) is 4.70. The van der Waals surface area contributed by atoms with Crippen LogP contribution in [-0.2, 0) is 15.1 Å². The van der Waals surface area contributed by atoms with E-state index in [1.165, 1.54) is 10.8 Å². The molecule has 0 saturated carbocycles. The van der Waals surface area contributed by atoms with Crippen LogP contribution in [0.4, 0.5) is 0 Å². The minimum atomic E-state index is -0.878. The van der Waals surface area contributed by atoms with E-state index >= 15 is 0 Å². The molecule has 0 radical (unpaired) electrons. The number of benzene rings is 3. The van der Waals surface area contributed by atoms with Gasteiger partial charge in [0.1, 0.15) is 17.9 Å². The van der Waals surface area contributed by atoms with Gasteiger partial charge in [0.2, 0.25) is 0 Å². The molecule has 36 heavy (non-hydrogen) atoms. The van der Waals surface area contributed by atoms with Crippen molar-refractivity contribution < 1.29 is 9.47 Å². The Labute approximate surface area is 209 Å². The van der Waals surface area contributed by atoms with Crippen LogP contribution in [-0.4, -0.2) is 22.3 Å². The molecule has 5 rings (SSSR count). The lowest BCUT2D eigenvalue weighted by molar-refractivity contribution is -0.0715. The van der Waals surface area contributed by atoms with Crippen LogP contribution in [0.25, 0.3) is 0 Å². The van der Waals surface area contributed by atoms with Gasteiger partial charge >= 0.3 is 5.69 Å². The molecule has 2 heterocycles. The van der Waals surface area contributed by atoms with Crippen molar-refractivity contribution in [1.82, 2.24) is 9.55 Å². The molecule has 0 amide bonds. The standard InChI is InChI=1S/C30H28N2O4/c1-21-18-27(32-19-22(2)28(33)31-29(32)34)36-26(21)20-35-30(23-12-6-3-7-13-23,24-14-8-4-9-15-24)25-16-10-5-11-17-25/h3-17,19,26-27H,1,18,20H2,2H3,(H,31,33,34)/t26-,27-/m1/s1. The topological polar surface area (TPSA) is 73.3 Å². The second-order valence-corrected chi connectivity index (χ2v) is 9.01. The Balaban J connectivity index is 1.51. The summed E-state index contributed by atoms with van der Waals surface area (Å²) < 4.78 is 14.5. The van der Waals surface area contributed by atoms with Crippen LogP contribution in [0.2, 0.25) is 0 Å². The molecule has 1 fully saturated rings. The van der Waals surface area contributed by atoms with Crippen molar-refractivity contribution in [2.24, 2.45) is 0 Å². The smallest absolute Gasteiger partial charge is 0.330 e. The Morgan fingerprint density at radius 3 is 1.92 bits per heavy atom. The van der Waals surface area contributed by atoms with Crippen LogP contribution in [0.3, 0.4) is 0 Å². The number of nitrogens with zero attached hydrogens (tertiary/aromatic N) is 1. The summed E-state index contributed by atoms with van der Waals surface area (Å²) in [6.07, 6.45) is 0.997. The molecule has 3 aromatic carbocycles. The van der Waals surface area contributed by atoms with Crippen molar-refractivity contribution in [3.8, 4) is 0 Å². The highest BCUT2D eigenvalue weighted by Gasteiger charge is 2.40. The van der Waals surface area contributed by atoms with E-state index in [1.54, 1.807) is 6.92 Å². The summed E-state index contributed by atoms with van der Waals surface area (Å²) in [5.41, 5.74) is 2.49. The summed E-state index contributed by atoms with van der Waals surface area (Å²) in [4.78, 5) is 26.6. The number of ether oxygens (including phenoxy) is 2. The van der Waals surface area contributed by atoms with E-state index in [2.05, 4.69) is 48.0 Å². The zero-order valence-corrected chi connectivity index (χ0v) is 20.1. The second kappa shape index (κ2) is 9.93. The molecule has 0 bridgehead atoms. The maximum absolute atomic E-state index is 12.4. The summed E-state index contributed by atoms with van der Waals surface area (Å²) in [5.74, 6) is 0. The predicted molar refractivity (Wildman–Crippen MR) is 139 cm³/mol. The molecule has 1 N–H and O–H groups in total. The first-order valence-electron chi connectivity index (χ1n) is 11.9. The number of aromatic nitrogens is 2. The monoisotopic (exact) mass is 480 g/mol. The van der Waals surface area contributed by atoms with Gasteiger partial charge < -0.3 is 9.47 Å². The van der Waals surface area contributed by atoms with Gasteiger partial charge in [-0.05, 0) is 29.2 Å². The fourth-order valence-corrected chi connectivity index (χ4v) is 4.78. The number of rotatable bonds is 7. The van der Waals surface area contributed by atoms with E-state index in [0.717, 1.165) is 22.3 Å². The van der Waals surface area contributed by atoms with Gasteiger partial charge in [0.25, 0.3) is 5.56 Å². The summed E-state index contributed by atoms with van der Waals surface area (Å²) >= 11 is 0. The van der Waals surface area contributed by atoms with E-state index in [1.807, 2.05) is 54.6 Å². The van der Waals surface area contributed by atoms with Gasteiger partial charge in [-0.2, -0.15) is 0 Å². The molecule has 182 valence electrons. The quantitative estimate of drug-likeness (QED) is 0.308. The first-order chi connectivity index (χ1) is 17.5. The van der Waals surface area contributed by atoms with E-state index in [0.29, 0.717) is 12.0 Å². The van der Waals surface area contributed by atoms with Gasteiger partial charge in [0, 0.05) is 18.2 Å². The average molecular weight is 481 g/mol. The number of nitrogens with one attached hydrogen (secondary N) is 1. The van der Waals surface area contributed by atoms with Crippen molar-refractivity contribution in [3.63, 3.8) is 0 Å². The SMILES string of the molecule is C=C1C[C@H](n2cc(C)c(=O)[nH]c2=O)O[C@@H]1COC(c1ccccc1)(c1ccccc1)c1ccccc1. The third kappa shape index (κ3) is 4.37. The number of hydrogen-bond donors (Lipinski definition) is 1. The second-order valence-electron chi connectivity index (χ2n) is 9.01. The highest BCUT2D eigenvalue weighted by Crippen LogP contribution is 2.42. The van der Waals surface area contributed by atoms with Crippen LogP contribution in [0.5, 0.6) is 0 Å². The van der Waals surface area contributed by atoms with E-state index in [-0.39, 0.29) is 6.61 Å². The van der Waals surface area contributed by atoms with Crippen LogP contribution >= 0.6 is 0 Å². The van der Waals surface area contributed by atoms with Gasteiger partial charge in [0.05, 0.1) is 6.61 Å². The Bertz CT molecular complexity index is 1360. The zero-order valence-electron chi connectivity index (χ0n) is 20.1. The Morgan fingerprint density at radius 2 is 1.42 bits per heavy atom. The number of aryl methyl sites for hydroxylation is 1. The highest BCUT2D eigenvalue weighted by molar-refractivity contribution is 5.47. The normalized spacial score (nSPS) is 17.9. The molecule has 1 saturated heterocycles. The van der Waals surface area contributed by atoms with Gasteiger partial charge in [-0.1, -0.05) is 97.6 Å².